The molecule has 0 unspecified atom stereocenters. The highest BCUT2D eigenvalue weighted by atomic mass is 15.0. The van der Waals surface area contributed by atoms with E-state index in [2.05, 4.69) is 37.4 Å². The summed E-state index contributed by atoms with van der Waals surface area (Å²) in [4.78, 5) is 0. The molecule has 0 bridgehead atoms. The van der Waals surface area contributed by atoms with Gasteiger partial charge in [-0.1, -0.05) is 30.5 Å². The summed E-state index contributed by atoms with van der Waals surface area (Å²) in [5, 5.41) is 3.60. The standard InChI is InChI=1S/C14H22N2/c1-10-7-8-13(11(2)9-10)16-14-6-4-3-5-12(14)15/h7-9,12,14,16H,3-6,15H2,1-2H3/t12-,14+/m0/s1. The summed E-state index contributed by atoms with van der Waals surface area (Å²) >= 11 is 0. The maximum absolute atomic E-state index is 6.14. The molecule has 2 atom stereocenters. The Morgan fingerprint density at radius 3 is 2.62 bits per heavy atom. The van der Waals surface area contributed by atoms with E-state index in [0.717, 1.165) is 6.42 Å². The van der Waals surface area contributed by atoms with Crippen molar-refractivity contribution in [1.82, 2.24) is 0 Å². The predicted octanol–water partition coefficient (Wildman–Crippen LogP) is 2.99. The minimum Gasteiger partial charge on any atom is -0.381 e. The van der Waals surface area contributed by atoms with Crippen LogP contribution >= 0.6 is 0 Å². The number of aryl methyl sites for hydroxylation is 2. The summed E-state index contributed by atoms with van der Waals surface area (Å²) in [6, 6.07) is 7.32. The van der Waals surface area contributed by atoms with Gasteiger partial charge in [0.25, 0.3) is 0 Å². The van der Waals surface area contributed by atoms with Gasteiger partial charge >= 0.3 is 0 Å². The minimum absolute atomic E-state index is 0.314. The number of nitrogens with two attached hydrogens (primary N) is 1. The van der Waals surface area contributed by atoms with E-state index < -0.39 is 0 Å². The summed E-state index contributed by atoms with van der Waals surface area (Å²) in [6.45, 7) is 4.28. The van der Waals surface area contributed by atoms with Crippen LogP contribution in [0.15, 0.2) is 18.2 Å². The van der Waals surface area contributed by atoms with Gasteiger partial charge in [0.2, 0.25) is 0 Å². The predicted molar refractivity (Wildman–Crippen MR) is 69.8 cm³/mol. The van der Waals surface area contributed by atoms with Gasteiger partial charge in [-0.05, 0) is 38.3 Å². The van der Waals surface area contributed by atoms with Crippen LogP contribution < -0.4 is 11.1 Å². The average Bonchev–Trinajstić information content (AvgIpc) is 2.25. The van der Waals surface area contributed by atoms with Crippen molar-refractivity contribution >= 4 is 5.69 Å². The molecule has 1 fully saturated rings. The van der Waals surface area contributed by atoms with Crippen LogP contribution in [0, 0.1) is 13.8 Å². The van der Waals surface area contributed by atoms with Crippen LogP contribution in [-0.4, -0.2) is 12.1 Å². The van der Waals surface area contributed by atoms with Crippen molar-refractivity contribution in [3.05, 3.63) is 29.3 Å². The molecular formula is C14H22N2. The molecule has 2 heteroatoms. The van der Waals surface area contributed by atoms with Crippen LogP contribution in [0.2, 0.25) is 0 Å². The number of hydrogen-bond acceptors (Lipinski definition) is 2. The Morgan fingerprint density at radius 2 is 1.94 bits per heavy atom. The Kier molecular flexibility index (Phi) is 3.49. The molecule has 0 amide bonds. The Bertz CT molecular complexity index is 360. The zero-order valence-electron chi connectivity index (χ0n) is 10.3. The second-order valence-electron chi connectivity index (χ2n) is 5.02. The molecule has 1 aliphatic rings. The van der Waals surface area contributed by atoms with Crippen molar-refractivity contribution in [1.29, 1.82) is 0 Å². The highest BCUT2D eigenvalue weighted by Gasteiger charge is 2.21. The van der Waals surface area contributed by atoms with E-state index in [1.807, 2.05) is 0 Å². The molecule has 0 saturated heterocycles. The average molecular weight is 218 g/mol. The summed E-state index contributed by atoms with van der Waals surface area (Å²) in [7, 11) is 0. The lowest BCUT2D eigenvalue weighted by Gasteiger charge is -2.30. The van der Waals surface area contributed by atoms with Gasteiger partial charge < -0.3 is 11.1 Å². The second-order valence-corrected chi connectivity index (χ2v) is 5.02. The zero-order chi connectivity index (χ0) is 11.5. The van der Waals surface area contributed by atoms with E-state index >= 15 is 0 Å². The Labute approximate surface area is 98.2 Å². The highest BCUT2D eigenvalue weighted by molar-refractivity contribution is 5.52. The number of rotatable bonds is 2. The van der Waals surface area contributed by atoms with Crippen LogP contribution in [-0.2, 0) is 0 Å². The smallest absolute Gasteiger partial charge is 0.0412 e. The number of anilines is 1. The molecule has 16 heavy (non-hydrogen) atoms. The molecule has 1 aromatic carbocycles. The maximum Gasteiger partial charge on any atom is 0.0412 e. The molecule has 88 valence electrons. The van der Waals surface area contributed by atoms with E-state index in [0.29, 0.717) is 12.1 Å². The van der Waals surface area contributed by atoms with Gasteiger partial charge in [0, 0.05) is 17.8 Å². The fourth-order valence-corrected chi connectivity index (χ4v) is 2.51. The molecule has 3 N–H and O–H groups in total. The lowest BCUT2D eigenvalue weighted by molar-refractivity contribution is 0.404. The van der Waals surface area contributed by atoms with E-state index in [1.165, 1.54) is 36.1 Å². The van der Waals surface area contributed by atoms with Crippen molar-refractivity contribution in [3.8, 4) is 0 Å². The third-order valence-corrected chi connectivity index (χ3v) is 3.54. The molecule has 0 aliphatic heterocycles. The summed E-state index contributed by atoms with van der Waals surface area (Å²) in [5.74, 6) is 0. The number of nitrogens with one attached hydrogen (secondary N) is 1. The van der Waals surface area contributed by atoms with Gasteiger partial charge in [-0.25, -0.2) is 0 Å². The van der Waals surface area contributed by atoms with Gasteiger partial charge in [0.1, 0.15) is 0 Å². The first-order chi connectivity index (χ1) is 7.66. The zero-order valence-corrected chi connectivity index (χ0v) is 10.3. The molecule has 1 aliphatic carbocycles. The van der Waals surface area contributed by atoms with Gasteiger partial charge in [-0.2, -0.15) is 0 Å². The van der Waals surface area contributed by atoms with Gasteiger partial charge in [0.05, 0.1) is 0 Å². The molecule has 1 aromatic rings. The van der Waals surface area contributed by atoms with E-state index in [9.17, 15) is 0 Å². The largest absolute Gasteiger partial charge is 0.381 e. The van der Waals surface area contributed by atoms with Crippen molar-refractivity contribution < 1.29 is 0 Å². The summed E-state index contributed by atoms with van der Waals surface area (Å²) < 4.78 is 0. The summed E-state index contributed by atoms with van der Waals surface area (Å²) in [6.07, 6.45) is 4.94. The lowest BCUT2D eigenvalue weighted by atomic mass is 9.90. The molecule has 0 spiro atoms. The second kappa shape index (κ2) is 4.88. The minimum atomic E-state index is 0.314. The molecule has 2 nitrogen and oxygen atoms in total. The number of hydrogen-bond donors (Lipinski definition) is 2. The first kappa shape index (κ1) is 11.5. The molecule has 2 rings (SSSR count). The first-order valence-electron chi connectivity index (χ1n) is 6.26. The molecule has 1 saturated carbocycles. The number of benzene rings is 1. The van der Waals surface area contributed by atoms with E-state index in [1.54, 1.807) is 0 Å². The van der Waals surface area contributed by atoms with Crippen molar-refractivity contribution in [2.45, 2.75) is 51.6 Å². The lowest BCUT2D eigenvalue weighted by Crippen LogP contribution is -2.42. The van der Waals surface area contributed by atoms with Gasteiger partial charge in [-0.3, -0.25) is 0 Å². The highest BCUT2D eigenvalue weighted by Crippen LogP contribution is 2.23. The van der Waals surface area contributed by atoms with E-state index in [-0.39, 0.29) is 0 Å². The topological polar surface area (TPSA) is 38.0 Å². The van der Waals surface area contributed by atoms with Gasteiger partial charge in [0.15, 0.2) is 0 Å². The van der Waals surface area contributed by atoms with Crippen LogP contribution in [0.25, 0.3) is 0 Å². The molecule has 0 aromatic heterocycles. The molecular weight excluding hydrogens is 196 g/mol. The van der Waals surface area contributed by atoms with Crippen molar-refractivity contribution in [2.24, 2.45) is 5.73 Å². The fraction of sp³-hybridized carbons (Fsp3) is 0.571. The van der Waals surface area contributed by atoms with Crippen molar-refractivity contribution in [3.63, 3.8) is 0 Å². The van der Waals surface area contributed by atoms with E-state index in [4.69, 9.17) is 5.73 Å². The van der Waals surface area contributed by atoms with Gasteiger partial charge in [-0.15, -0.1) is 0 Å². The SMILES string of the molecule is Cc1ccc(N[C@@H]2CCCC[C@@H]2N)c(C)c1. The third kappa shape index (κ3) is 2.56. The monoisotopic (exact) mass is 218 g/mol. The Morgan fingerprint density at radius 1 is 1.19 bits per heavy atom. The Balaban J connectivity index is 2.07. The maximum atomic E-state index is 6.14. The fourth-order valence-electron chi connectivity index (χ4n) is 2.51. The van der Waals surface area contributed by atoms with Crippen molar-refractivity contribution in [2.75, 3.05) is 5.32 Å². The molecule has 0 radical (unpaired) electrons. The first-order valence-corrected chi connectivity index (χ1v) is 6.26. The van der Waals surface area contributed by atoms with Crippen LogP contribution in [0.3, 0.4) is 0 Å². The molecule has 0 heterocycles. The van der Waals surface area contributed by atoms with Crippen LogP contribution in [0.4, 0.5) is 5.69 Å². The summed E-state index contributed by atoms with van der Waals surface area (Å²) in [5.41, 5.74) is 10.0. The van der Waals surface area contributed by atoms with Crippen LogP contribution in [0.5, 0.6) is 0 Å². The van der Waals surface area contributed by atoms with Crippen LogP contribution in [0.1, 0.15) is 36.8 Å². The normalized spacial score (nSPS) is 25.4. The Hall–Kier alpha value is -1.02. The quantitative estimate of drug-likeness (QED) is 0.801. The third-order valence-electron chi connectivity index (χ3n) is 3.54.